The first-order chi connectivity index (χ1) is 13.1. The summed E-state index contributed by atoms with van der Waals surface area (Å²) in [4.78, 5) is 0. The molecule has 4 aliphatic rings. The Kier molecular flexibility index (Phi) is 5.68. The number of fused-ring (bicyclic) bond motifs is 5. The summed E-state index contributed by atoms with van der Waals surface area (Å²) in [5.41, 5.74) is 0.869. The van der Waals surface area contributed by atoms with Crippen LogP contribution in [0.5, 0.6) is 0 Å². The van der Waals surface area contributed by atoms with Gasteiger partial charge in [-0.3, -0.25) is 4.55 Å². The van der Waals surface area contributed by atoms with Gasteiger partial charge in [-0.05, 0) is 111 Å². The van der Waals surface area contributed by atoms with E-state index in [9.17, 15) is 13.5 Å². The first-order valence-corrected chi connectivity index (χ1v) is 13.4. The molecule has 0 heterocycles. The molecule has 4 saturated carbocycles. The zero-order chi connectivity index (χ0) is 20.2. The molecular weight excluding hydrogens is 372 g/mol. The van der Waals surface area contributed by atoms with Crippen molar-refractivity contribution in [2.24, 2.45) is 40.4 Å². The van der Waals surface area contributed by atoms with Gasteiger partial charge in [0.2, 0.25) is 0 Å². The molecule has 4 fully saturated rings. The molecule has 0 amide bonds. The Morgan fingerprint density at radius 1 is 0.893 bits per heavy atom. The monoisotopic (exact) mass is 412 g/mol. The van der Waals surface area contributed by atoms with E-state index >= 15 is 0 Å². The van der Waals surface area contributed by atoms with E-state index in [0.29, 0.717) is 17.3 Å². The minimum Gasteiger partial charge on any atom is -0.393 e. The van der Waals surface area contributed by atoms with Gasteiger partial charge >= 0.3 is 0 Å². The number of hydrogen-bond acceptors (Lipinski definition) is 3. The topological polar surface area (TPSA) is 74.6 Å². The number of hydrogen-bond donors (Lipinski definition) is 2. The summed E-state index contributed by atoms with van der Waals surface area (Å²) >= 11 is 0. The van der Waals surface area contributed by atoms with Gasteiger partial charge in [0.1, 0.15) is 0 Å². The van der Waals surface area contributed by atoms with Crippen LogP contribution in [0.15, 0.2) is 0 Å². The molecule has 4 aliphatic carbocycles. The second-order valence-electron chi connectivity index (χ2n) is 11.2. The van der Waals surface area contributed by atoms with Crippen molar-refractivity contribution < 1.29 is 18.1 Å². The van der Waals surface area contributed by atoms with Crippen molar-refractivity contribution in [3.05, 3.63) is 0 Å². The van der Waals surface area contributed by atoms with Crippen molar-refractivity contribution in [3.8, 4) is 0 Å². The van der Waals surface area contributed by atoms with Gasteiger partial charge in [-0.25, -0.2) is 0 Å². The molecule has 162 valence electrons. The number of aliphatic hydroxyl groups is 1. The molecule has 4 rings (SSSR count). The summed E-state index contributed by atoms with van der Waals surface area (Å²) in [7, 11) is -3.81. The maximum absolute atomic E-state index is 11.0. The van der Waals surface area contributed by atoms with E-state index in [2.05, 4.69) is 13.8 Å². The van der Waals surface area contributed by atoms with E-state index < -0.39 is 10.1 Å². The minimum atomic E-state index is -3.81. The Bertz CT molecular complexity index is 676. The summed E-state index contributed by atoms with van der Waals surface area (Å²) in [6.45, 7) is 5.08. The molecule has 0 saturated heterocycles. The highest BCUT2D eigenvalue weighted by molar-refractivity contribution is 7.85. The molecule has 4 nitrogen and oxygen atoms in total. The first-order valence-electron chi connectivity index (χ1n) is 11.8. The second-order valence-corrected chi connectivity index (χ2v) is 12.8. The number of aliphatic hydroxyl groups excluding tert-OH is 1. The first kappa shape index (κ1) is 21.1. The van der Waals surface area contributed by atoms with E-state index in [-0.39, 0.29) is 11.9 Å². The van der Waals surface area contributed by atoms with Crippen LogP contribution in [-0.2, 0) is 10.1 Å². The fourth-order valence-corrected chi connectivity index (χ4v) is 9.06. The van der Waals surface area contributed by atoms with Gasteiger partial charge in [0.25, 0.3) is 10.1 Å². The zero-order valence-corrected chi connectivity index (χ0v) is 18.6. The Labute approximate surface area is 171 Å². The third-order valence-electron chi connectivity index (χ3n) is 10.0. The molecule has 2 N–H and O–H groups in total. The van der Waals surface area contributed by atoms with Crippen LogP contribution >= 0.6 is 0 Å². The lowest BCUT2D eigenvalue weighted by Crippen LogP contribution is -2.53. The second kappa shape index (κ2) is 7.53. The molecule has 0 aliphatic heterocycles. The van der Waals surface area contributed by atoms with Crippen molar-refractivity contribution in [2.75, 3.05) is 5.75 Å². The van der Waals surface area contributed by atoms with Crippen molar-refractivity contribution in [1.82, 2.24) is 0 Å². The van der Waals surface area contributed by atoms with Gasteiger partial charge in [0.15, 0.2) is 0 Å². The van der Waals surface area contributed by atoms with E-state index in [0.717, 1.165) is 55.3 Å². The van der Waals surface area contributed by atoms with E-state index in [1.807, 2.05) is 0 Å². The van der Waals surface area contributed by atoms with Gasteiger partial charge in [-0.1, -0.05) is 20.3 Å². The summed E-state index contributed by atoms with van der Waals surface area (Å²) in [5.74, 6) is 3.89. The van der Waals surface area contributed by atoms with Gasteiger partial charge in [0, 0.05) is 0 Å². The predicted molar refractivity (Wildman–Crippen MR) is 111 cm³/mol. The van der Waals surface area contributed by atoms with Gasteiger partial charge in [-0.2, -0.15) is 8.42 Å². The maximum atomic E-state index is 11.0. The van der Waals surface area contributed by atoms with E-state index in [4.69, 9.17) is 4.55 Å². The normalized spacial score (nSPS) is 48.6. The SMILES string of the molecule is CC12CCC3C(CCC4CC(O)CCC43C)C1CCC2CCCCS(=O)(=O)O. The number of rotatable bonds is 5. The molecular formula is C23H40O4S. The highest BCUT2D eigenvalue weighted by Gasteiger charge is 2.59. The molecule has 0 radical (unpaired) electrons. The fraction of sp³-hybridized carbons (Fsp3) is 1.00. The Morgan fingerprint density at radius 3 is 2.36 bits per heavy atom. The molecule has 0 aromatic rings. The Balaban J connectivity index is 1.42. The van der Waals surface area contributed by atoms with Crippen LogP contribution in [0.25, 0.3) is 0 Å². The quantitative estimate of drug-likeness (QED) is 0.489. The average molecular weight is 413 g/mol. The molecule has 0 spiro atoms. The third kappa shape index (κ3) is 3.69. The van der Waals surface area contributed by atoms with Crippen LogP contribution in [0, 0.1) is 40.4 Å². The lowest BCUT2D eigenvalue weighted by atomic mass is 9.44. The van der Waals surface area contributed by atoms with Gasteiger partial charge in [-0.15, -0.1) is 0 Å². The van der Waals surface area contributed by atoms with E-state index in [1.165, 1.54) is 44.9 Å². The van der Waals surface area contributed by atoms with Crippen LogP contribution in [0.4, 0.5) is 0 Å². The van der Waals surface area contributed by atoms with Crippen LogP contribution < -0.4 is 0 Å². The van der Waals surface area contributed by atoms with Crippen LogP contribution in [0.3, 0.4) is 0 Å². The van der Waals surface area contributed by atoms with Crippen LogP contribution in [-0.4, -0.2) is 29.9 Å². The molecule has 5 heteroatoms. The Hall–Kier alpha value is -0.130. The largest absolute Gasteiger partial charge is 0.393 e. The smallest absolute Gasteiger partial charge is 0.264 e. The van der Waals surface area contributed by atoms with Crippen molar-refractivity contribution in [3.63, 3.8) is 0 Å². The molecule has 28 heavy (non-hydrogen) atoms. The predicted octanol–water partition coefficient (Wildman–Crippen LogP) is 5.06. The summed E-state index contributed by atoms with van der Waals surface area (Å²) in [6.07, 6.45) is 13.8. The molecule has 0 bridgehead atoms. The summed E-state index contributed by atoms with van der Waals surface area (Å²) in [6, 6.07) is 0. The summed E-state index contributed by atoms with van der Waals surface area (Å²) in [5, 5.41) is 10.2. The highest BCUT2D eigenvalue weighted by Crippen LogP contribution is 2.67. The average Bonchev–Trinajstić information content (AvgIpc) is 2.95. The molecule has 8 unspecified atom stereocenters. The van der Waals surface area contributed by atoms with Crippen molar-refractivity contribution in [1.29, 1.82) is 0 Å². The van der Waals surface area contributed by atoms with Crippen LogP contribution in [0.1, 0.15) is 90.9 Å². The standard InChI is InChI=1S/C23H40O4S/c1-22-13-11-21-19(8-6-17-15-18(24)10-12-23(17,21)2)20(22)9-7-16(22)5-3-4-14-28(25,26)27/h16-21,24H,3-15H2,1-2H3,(H,25,26,27). The van der Waals surface area contributed by atoms with Crippen molar-refractivity contribution >= 4 is 10.1 Å². The van der Waals surface area contributed by atoms with Crippen LogP contribution in [0.2, 0.25) is 0 Å². The zero-order valence-electron chi connectivity index (χ0n) is 17.8. The highest BCUT2D eigenvalue weighted by atomic mass is 32.2. The molecule has 0 aromatic heterocycles. The van der Waals surface area contributed by atoms with E-state index in [1.54, 1.807) is 0 Å². The minimum absolute atomic E-state index is 0.0675. The van der Waals surface area contributed by atoms with Crippen molar-refractivity contribution in [2.45, 2.75) is 97.0 Å². The summed E-state index contributed by atoms with van der Waals surface area (Å²) < 4.78 is 30.9. The number of unbranched alkanes of at least 4 members (excludes halogenated alkanes) is 1. The fourth-order valence-electron chi connectivity index (χ4n) is 8.49. The Morgan fingerprint density at radius 2 is 1.61 bits per heavy atom. The third-order valence-corrected chi connectivity index (χ3v) is 10.8. The molecule has 0 aromatic carbocycles. The lowest BCUT2D eigenvalue weighted by Gasteiger charge is -2.61. The lowest BCUT2D eigenvalue weighted by molar-refractivity contribution is -0.127. The molecule has 8 atom stereocenters. The van der Waals surface area contributed by atoms with Gasteiger partial charge in [0.05, 0.1) is 11.9 Å². The maximum Gasteiger partial charge on any atom is 0.264 e. The van der Waals surface area contributed by atoms with Gasteiger partial charge < -0.3 is 5.11 Å².